The van der Waals surface area contributed by atoms with Crippen molar-refractivity contribution in [1.29, 1.82) is 0 Å². The maximum atomic E-state index is 12.9. The van der Waals surface area contributed by atoms with E-state index in [-0.39, 0.29) is 27.7 Å². The van der Waals surface area contributed by atoms with E-state index < -0.39 is 29.2 Å². The molecule has 0 radical (unpaired) electrons. The highest BCUT2D eigenvalue weighted by atomic mass is 32.2. The van der Waals surface area contributed by atoms with E-state index in [2.05, 4.69) is 22.5 Å². The number of aromatic nitrogens is 1. The van der Waals surface area contributed by atoms with E-state index in [0.717, 1.165) is 41.8 Å². The number of anilines is 1. The van der Waals surface area contributed by atoms with Crippen LogP contribution in [0, 0.1) is 0 Å². The van der Waals surface area contributed by atoms with E-state index in [1.807, 2.05) is 0 Å². The predicted molar refractivity (Wildman–Crippen MR) is 121 cm³/mol. The largest absolute Gasteiger partial charge is 0.543 e. The summed E-state index contributed by atoms with van der Waals surface area (Å²) in [5.41, 5.74) is 6.39. The van der Waals surface area contributed by atoms with E-state index in [0.29, 0.717) is 17.9 Å². The van der Waals surface area contributed by atoms with Crippen molar-refractivity contribution < 1.29 is 34.3 Å². The number of thioether (sulfide) groups is 1. The molecular weight excluding hydrogens is 472 g/mol. The number of carboxylic acids is 1. The first-order valence-electron chi connectivity index (χ1n) is 10.1. The van der Waals surface area contributed by atoms with E-state index in [4.69, 9.17) is 10.6 Å². The van der Waals surface area contributed by atoms with Gasteiger partial charge in [-0.2, -0.15) is 0 Å². The van der Waals surface area contributed by atoms with Crippen LogP contribution >= 0.6 is 23.1 Å². The summed E-state index contributed by atoms with van der Waals surface area (Å²) in [6.07, 6.45) is 2.21. The van der Waals surface area contributed by atoms with Crippen molar-refractivity contribution in [2.24, 2.45) is 5.16 Å². The third-order valence-electron chi connectivity index (χ3n) is 5.91. The number of hydrogen-bond donors (Lipinski definition) is 2. The molecule has 12 nitrogen and oxygen atoms in total. The lowest BCUT2D eigenvalue weighted by atomic mass is 10.0. The molecule has 3 aliphatic rings. The van der Waals surface area contributed by atoms with E-state index >= 15 is 0 Å². The first-order chi connectivity index (χ1) is 15.2. The molecule has 4 heterocycles. The number of hydrogen-bond acceptors (Lipinski definition) is 10. The van der Waals surface area contributed by atoms with Crippen LogP contribution in [-0.4, -0.2) is 94.3 Å². The number of likely N-dealkylation sites (N-methyl/N-ethyl adjacent to an activating group) is 1. The maximum Gasteiger partial charge on any atom is 0.276 e. The smallest absolute Gasteiger partial charge is 0.276 e. The normalized spacial score (nSPS) is 24.0. The second-order valence-corrected chi connectivity index (χ2v) is 10.2. The Bertz CT molecular complexity index is 1020. The number of carboxylic acid groups (broad SMARTS) is 1. The lowest BCUT2D eigenvalue weighted by molar-refractivity contribution is -0.893. The number of carbonyl (C=O) groups excluding carboxylic acids is 3. The van der Waals surface area contributed by atoms with Crippen LogP contribution in [0.25, 0.3) is 0 Å². The molecule has 2 atom stereocenters. The van der Waals surface area contributed by atoms with Gasteiger partial charge in [-0.1, -0.05) is 5.16 Å². The molecule has 0 saturated carbocycles. The van der Waals surface area contributed by atoms with Gasteiger partial charge in [-0.15, -0.1) is 23.1 Å². The van der Waals surface area contributed by atoms with Crippen LogP contribution in [0.5, 0.6) is 0 Å². The minimum absolute atomic E-state index is 0. The first-order valence-corrected chi connectivity index (χ1v) is 12.0. The Morgan fingerprint density at radius 1 is 1.42 bits per heavy atom. The number of carbonyl (C=O) groups is 3. The van der Waals surface area contributed by atoms with Gasteiger partial charge in [-0.05, 0) is 0 Å². The number of nitrogens with zero attached hydrogens (tertiary/aromatic N) is 4. The van der Waals surface area contributed by atoms with Crippen LogP contribution in [0.15, 0.2) is 21.8 Å². The molecule has 0 aromatic carbocycles. The third kappa shape index (κ3) is 4.69. The average molecular weight is 499 g/mol. The number of likely N-dealkylation sites (tertiary alicyclic amines) is 1. The number of nitrogens with two attached hydrogens (primary N) is 1. The minimum atomic E-state index is -1.37. The molecule has 0 spiro atoms. The van der Waals surface area contributed by atoms with Crippen LogP contribution in [-0.2, 0) is 19.2 Å². The third-order valence-corrected chi connectivity index (χ3v) is 7.92. The molecule has 4 rings (SSSR count). The maximum absolute atomic E-state index is 12.9. The standard InChI is InChI=1S/C19H24N6O5S2.H2O/c1-25(5-3-4-6-25)7-10-8-31-17-13(16(27)24(17)14(10)18(28)29)22-15(26)12(23-30-2)11-9-32-19(20)21-11;/h9,13,17H,3-8H2,1-2H3,(H3-,20,21,22,26,28,29);1H2/b23-12-;/t13-,17-;/m0./s1. The van der Waals surface area contributed by atoms with E-state index in [1.165, 1.54) is 23.8 Å². The summed E-state index contributed by atoms with van der Waals surface area (Å²) < 4.78 is 0.757. The van der Waals surface area contributed by atoms with Gasteiger partial charge in [0.25, 0.3) is 11.8 Å². The van der Waals surface area contributed by atoms with Gasteiger partial charge in [0.2, 0.25) is 0 Å². The first kappa shape index (κ1) is 25.0. The summed E-state index contributed by atoms with van der Waals surface area (Å²) >= 11 is 2.57. The zero-order valence-corrected chi connectivity index (χ0v) is 19.8. The Kier molecular flexibility index (Phi) is 7.31. The molecule has 2 saturated heterocycles. The van der Waals surface area contributed by atoms with Crippen LogP contribution in [0.1, 0.15) is 18.5 Å². The zero-order valence-electron chi connectivity index (χ0n) is 18.2. The fourth-order valence-corrected chi connectivity index (χ4v) is 6.30. The van der Waals surface area contributed by atoms with Crippen molar-refractivity contribution in [3.8, 4) is 0 Å². The van der Waals surface area contributed by atoms with Gasteiger partial charge in [-0.3, -0.25) is 14.5 Å². The van der Waals surface area contributed by atoms with Gasteiger partial charge in [0.15, 0.2) is 10.8 Å². The van der Waals surface area contributed by atoms with Crippen molar-refractivity contribution in [3.05, 3.63) is 22.3 Å². The van der Waals surface area contributed by atoms with Crippen molar-refractivity contribution >= 4 is 51.7 Å². The van der Waals surface area contributed by atoms with Gasteiger partial charge < -0.3 is 35.7 Å². The topological polar surface area (TPSA) is 182 Å². The van der Waals surface area contributed by atoms with Gasteiger partial charge in [0.1, 0.15) is 30.8 Å². The number of fused-ring (bicyclic) bond motifs is 1. The van der Waals surface area contributed by atoms with Crippen molar-refractivity contribution in [1.82, 2.24) is 15.2 Å². The molecule has 2 amide bonds. The molecule has 0 aliphatic carbocycles. The highest BCUT2D eigenvalue weighted by Gasteiger charge is 2.53. The van der Waals surface area contributed by atoms with Crippen molar-refractivity contribution in [2.45, 2.75) is 24.3 Å². The molecule has 0 bridgehead atoms. The summed E-state index contributed by atoms with van der Waals surface area (Å²) in [6, 6.07) is -0.891. The Hall–Kier alpha value is -2.68. The molecule has 14 heteroatoms. The van der Waals surface area contributed by atoms with Crippen molar-refractivity contribution in [3.63, 3.8) is 0 Å². The zero-order chi connectivity index (χ0) is 23.0. The molecule has 2 fully saturated rings. The number of amides is 2. The molecule has 3 aliphatic heterocycles. The van der Waals surface area contributed by atoms with E-state index in [9.17, 15) is 19.5 Å². The number of thiazole rings is 1. The summed E-state index contributed by atoms with van der Waals surface area (Å²) in [5.74, 6) is -2.06. The molecule has 1 aromatic heterocycles. The number of nitrogens with one attached hydrogen (secondary N) is 1. The van der Waals surface area contributed by atoms with Gasteiger partial charge >= 0.3 is 0 Å². The molecule has 0 unspecified atom stereocenters. The van der Waals surface area contributed by atoms with Gasteiger partial charge in [0.05, 0.1) is 31.8 Å². The summed E-state index contributed by atoms with van der Waals surface area (Å²) in [5, 5.41) is 19.6. The predicted octanol–water partition coefficient (Wildman–Crippen LogP) is -2.10. The summed E-state index contributed by atoms with van der Waals surface area (Å²) in [4.78, 5) is 47.7. The van der Waals surface area contributed by atoms with E-state index in [1.54, 1.807) is 5.38 Å². The van der Waals surface area contributed by atoms with Gasteiger partial charge in [-0.25, -0.2) is 4.98 Å². The number of β-lactam (4-membered cyclic amide) rings is 1. The second kappa shape index (κ2) is 9.67. The SMILES string of the molecule is CO/N=C(\C(=O)N[C@H]1C(=O)N2C(C(=O)[O-])=C(C[N+]3(C)CCCC3)CS[C@@H]12)c1csc(N)n1.O. The lowest BCUT2D eigenvalue weighted by Gasteiger charge is -2.51. The number of nitrogen functional groups attached to an aromatic ring is 1. The monoisotopic (exact) mass is 498 g/mol. The molecule has 1 aromatic rings. The number of oxime groups is 1. The Labute approximate surface area is 198 Å². The Morgan fingerprint density at radius 3 is 2.70 bits per heavy atom. The quantitative estimate of drug-likeness (QED) is 0.185. The fourth-order valence-electron chi connectivity index (χ4n) is 4.41. The van der Waals surface area contributed by atoms with Crippen LogP contribution < -0.4 is 16.2 Å². The highest BCUT2D eigenvalue weighted by Crippen LogP contribution is 2.41. The lowest BCUT2D eigenvalue weighted by Crippen LogP contribution is -2.71. The van der Waals surface area contributed by atoms with Crippen LogP contribution in [0.2, 0.25) is 0 Å². The average Bonchev–Trinajstić information content (AvgIpc) is 3.37. The number of aliphatic carboxylic acids is 1. The Morgan fingerprint density at radius 2 is 2.12 bits per heavy atom. The molecule has 180 valence electrons. The number of quaternary nitrogens is 1. The van der Waals surface area contributed by atoms with Crippen LogP contribution in [0.4, 0.5) is 5.13 Å². The molecular formula is C19H26N6O6S2. The Balaban J connectivity index is 0.00000306. The number of rotatable bonds is 7. The van der Waals surface area contributed by atoms with Crippen LogP contribution in [0.3, 0.4) is 0 Å². The summed E-state index contributed by atoms with van der Waals surface area (Å²) in [7, 11) is 3.39. The van der Waals surface area contributed by atoms with Gasteiger partial charge in [0, 0.05) is 29.5 Å². The fraction of sp³-hybridized carbons (Fsp3) is 0.526. The van der Waals surface area contributed by atoms with Crippen molar-refractivity contribution in [2.75, 3.05) is 45.3 Å². The second-order valence-electron chi connectivity index (χ2n) is 8.23. The summed E-state index contributed by atoms with van der Waals surface area (Å²) in [6.45, 7) is 2.53. The molecule has 33 heavy (non-hydrogen) atoms. The minimum Gasteiger partial charge on any atom is -0.543 e. The molecule has 5 N–H and O–H groups in total. The highest BCUT2D eigenvalue weighted by molar-refractivity contribution is 8.00.